The van der Waals surface area contributed by atoms with Gasteiger partial charge in [0.05, 0.1) is 6.61 Å². The van der Waals surface area contributed by atoms with Crippen LogP contribution in [0.25, 0.3) is 0 Å². The SMILES string of the molecule is Br.CC(=O)OCC1CC2C=CC1NC2. The van der Waals surface area contributed by atoms with E-state index in [9.17, 15) is 4.79 Å². The molecule has 0 aromatic carbocycles. The maximum atomic E-state index is 10.6. The molecule has 3 rings (SSSR count). The van der Waals surface area contributed by atoms with Gasteiger partial charge in [-0.05, 0) is 12.3 Å². The van der Waals surface area contributed by atoms with Crippen LogP contribution in [0.3, 0.4) is 0 Å². The van der Waals surface area contributed by atoms with E-state index < -0.39 is 0 Å². The van der Waals surface area contributed by atoms with Crippen LogP contribution in [0, 0.1) is 11.8 Å². The number of esters is 1. The number of carbonyl (C=O) groups excluding carboxylic acids is 1. The van der Waals surface area contributed by atoms with Gasteiger partial charge in [0, 0.05) is 25.4 Å². The molecule has 0 radical (unpaired) electrons. The van der Waals surface area contributed by atoms with Crippen LogP contribution in [0.5, 0.6) is 0 Å². The normalized spacial score (nSPS) is 33.6. The molecule has 3 atom stereocenters. The fourth-order valence-corrected chi connectivity index (χ4v) is 2.12. The molecular formula is C10H16BrNO2. The highest BCUT2D eigenvalue weighted by molar-refractivity contribution is 8.93. The highest BCUT2D eigenvalue weighted by atomic mass is 79.9. The van der Waals surface area contributed by atoms with Gasteiger partial charge in [-0.1, -0.05) is 12.2 Å². The van der Waals surface area contributed by atoms with Gasteiger partial charge in [0.1, 0.15) is 0 Å². The van der Waals surface area contributed by atoms with Crippen LogP contribution in [0.4, 0.5) is 0 Å². The molecule has 1 saturated heterocycles. The third kappa shape index (κ3) is 2.58. The first kappa shape index (κ1) is 11.7. The van der Waals surface area contributed by atoms with Crippen molar-refractivity contribution in [1.29, 1.82) is 0 Å². The molecule has 14 heavy (non-hydrogen) atoms. The van der Waals surface area contributed by atoms with E-state index in [1.807, 2.05) is 0 Å². The van der Waals surface area contributed by atoms with Crippen LogP contribution in [-0.2, 0) is 9.53 Å². The zero-order valence-electron chi connectivity index (χ0n) is 8.23. The summed E-state index contributed by atoms with van der Waals surface area (Å²) in [7, 11) is 0. The number of nitrogens with one attached hydrogen (secondary N) is 1. The monoisotopic (exact) mass is 261 g/mol. The summed E-state index contributed by atoms with van der Waals surface area (Å²) in [5, 5.41) is 3.41. The van der Waals surface area contributed by atoms with Gasteiger partial charge in [-0.25, -0.2) is 0 Å². The average molecular weight is 262 g/mol. The molecule has 4 heteroatoms. The summed E-state index contributed by atoms with van der Waals surface area (Å²) >= 11 is 0. The van der Waals surface area contributed by atoms with Crippen molar-refractivity contribution in [2.24, 2.45) is 11.8 Å². The molecule has 1 fully saturated rings. The summed E-state index contributed by atoms with van der Waals surface area (Å²) in [6, 6.07) is 0.421. The maximum Gasteiger partial charge on any atom is 0.302 e. The number of halogens is 1. The summed E-state index contributed by atoms with van der Waals surface area (Å²) in [5.41, 5.74) is 0. The Morgan fingerprint density at radius 2 is 2.36 bits per heavy atom. The Labute approximate surface area is 94.7 Å². The minimum Gasteiger partial charge on any atom is -0.466 e. The van der Waals surface area contributed by atoms with Crippen LogP contribution in [-0.4, -0.2) is 25.2 Å². The van der Waals surface area contributed by atoms with Gasteiger partial charge in [-0.3, -0.25) is 4.79 Å². The number of hydrogen-bond acceptors (Lipinski definition) is 3. The van der Waals surface area contributed by atoms with E-state index in [-0.39, 0.29) is 23.0 Å². The molecule has 1 aliphatic carbocycles. The lowest BCUT2D eigenvalue weighted by atomic mass is 9.79. The topological polar surface area (TPSA) is 38.3 Å². The molecule has 80 valence electrons. The predicted molar refractivity (Wildman–Crippen MR) is 59.5 cm³/mol. The van der Waals surface area contributed by atoms with E-state index in [0.717, 1.165) is 13.0 Å². The summed E-state index contributed by atoms with van der Waals surface area (Å²) in [6.45, 7) is 3.11. The minimum absolute atomic E-state index is 0. The number of carbonyl (C=O) groups is 1. The Hall–Kier alpha value is -0.350. The lowest BCUT2D eigenvalue weighted by molar-refractivity contribution is -0.142. The molecule has 0 amide bonds. The van der Waals surface area contributed by atoms with Gasteiger partial charge in [-0.2, -0.15) is 0 Å². The summed E-state index contributed by atoms with van der Waals surface area (Å²) in [5.74, 6) is 0.948. The average Bonchev–Trinajstić information content (AvgIpc) is 2.17. The first-order chi connectivity index (χ1) is 6.25. The molecular weight excluding hydrogens is 246 g/mol. The van der Waals surface area contributed by atoms with E-state index in [1.54, 1.807) is 0 Å². The second-order valence-electron chi connectivity index (χ2n) is 3.88. The van der Waals surface area contributed by atoms with Crippen molar-refractivity contribution in [3.05, 3.63) is 12.2 Å². The molecule has 0 aromatic heterocycles. The quantitative estimate of drug-likeness (QED) is 0.602. The van der Waals surface area contributed by atoms with Gasteiger partial charge >= 0.3 is 5.97 Å². The number of ether oxygens (including phenoxy) is 1. The molecule has 2 heterocycles. The molecule has 2 bridgehead atoms. The maximum absolute atomic E-state index is 10.6. The standard InChI is InChI=1S/C10H15NO2.BrH/c1-7(12)13-6-9-4-8-2-3-10(9)11-5-8;/h2-3,8-11H,4-6H2,1H3;1H. The predicted octanol–water partition coefficient (Wildman–Crippen LogP) is 1.29. The number of fused-ring (bicyclic) bond motifs is 2. The fraction of sp³-hybridized carbons (Fsp3) is 0.700. The highest BCUT2D eigenvalue weighted by Crippen LogP contribution is 2.28. The Kier molecular flexibility index (Phi) is 4.13. The van der Waals surface area contributed by atoms with Crippen LogP contribution in [0.1, 0.15) is 13.3 Å². The van der Waals surface area contributed by atoms with Crippen molar-refractivity contribution in [2.45, 2.75) is 19.4 Å². The summed E-state index contributed by atoms with van der Waals surface area (Å²) in [6.07, 6.45) is 5.62. The van der Waals surface area contributed by atoms with Crippen molar-refractivity contribution in [3.63, 3.8) is 0 Å². The Bertz CT molecular complexity index is 242. The van der Waals surface area contributed by atoms with Gasteiger partial charge in [0.2, 0.25) is 0 Å². The Morgan fingerprint density at radius 3 is 2.79 bits per heavy atom. The molecule has 3 nitrogen and oxygen atoms in total. The van der Waals surface area contributed by atoms with E-state index in [0.29, 0.717) is 24.5 Å². The minimum atomic E-state index is -0.176. The van der Waals surface area contributed by atoms with E-state index in [2.05, 4.69) is 17.5 Å². The van der Waals surface area contributed by atoms with Gasteiger partial charge in [0.15, 0.2) is 0 Å². The molecule has 0 saturated carbocycles. The van der Waals surface area contributed by atoms with E-state index in [4.69, 9.17) is 4.74 Å². The second kappa shape index (κ2) is 4.94. The van der Waals surface area contributed by atoms with Crippen molar-refractivity contribution in [3.8, 4) is 0 Å². The number of hydrogen-bond donors (Lipinski definition) is 1. The third-order valence-corrected chi connectivity index (χ3v) is 2.82. The molecule has 0 aromatic rings. The van der Waals surface area contributed by atoms with Crippen LogP contribution < -0.4 is 5.32 Å². The smallest absolute Gasteiger partial charge is 0.302 e. The molecule has 1 N–H and O–H groups in total. The first-order valence-corrected chi connectivity index (χ1v) is 4.81. The van der Waals surface area contributed by atoms with Crippen molar-refractivity contribution < 1.29 is 9.53 Å². The van der Waals surface area contributed by atoms with E-state index >= 15 is 0 Å². The van der Waals surface area contributed by atoms with Crippen LogP contribution in [0.2, 0.25) is 0 Å². The molecule has 0 spiro atoms. The summed E-state index contributed by atoms with van der Waals surface area (Å²) < 4.78 is 5.02. The highest BCUT2D eigenvalue weighted by Gasteiger charge is 2.31. The summed E-state index contributed by atoms with van der Waals surface area (Å²) in [4.78, 5) is 10.6. The van der Waals surface area contributed by atoms with Crippen LogP contribution >= 0.6 is 17.0 Å². The molecule has 3 unspecified atom stereocenters. The zero-order chi connectivity index (χ0) is 9.26. The molecule has 3 aliphatic rings. The fourth-order valence-electron chi connectivity index (χ4n) is 2.12. The number of piperidine rings is 1. The first-order valence-electron chi connectivity index (χ1n) is 4.81. The van der Waals surface area contributed by atoms with Gasteiger partial charge in [0.25, 0.3) is 0 Å². The lowest BCUT2D eigenvalue weighted by Crippen LogP contribution is -2.48. The zero-order valence-corrected chi connectivity index (χ0v) is 9.95. The second-order valence-corrected chi connectivity index (χ2v) is 3.88. The van der Waals surface area contributed by atoms with Crippen molar-refractivity contribution in [1.82, 2.24) is 5.32 Å². The lowest BCUT2D eigenvalue weighted by Gasteiger charge is -2.38. The Balaban J connectivity index is 0.000000980. The number of rotatable bonds is 2. The van der Waals surface area contributed by atoms with Gasteiger partial charge < -0.3 is 10.1 Å². The third-order valence-electron chi connectivity index (χ3n) is 2.82. The Morgan fingerprint density at radius 1 is 1.57 bits per heavy atom. The van der Waals surface area contributed by atoms with Crippen molar-refractivity contribution >= 4 is 23.0 Å². The van der Waals surface area contributed by atoms with Gasteiger partial charge in [-0.15, -0.1) is 17.0 Å². The van der Waals surface area contributed by atoms with Crippen molar-refractivity contribution in [2.75, 3.05) is 13.2 Å². The largest absolute Gasteiger partial charge is 0.466 e. The van der Waals surface area contributed by atoms with E-state index in [1.165, 1.54) is 6.92 Å². The molecule has 2 aliphatic heterocycles. The van der Waals surface area contributed by atoms with Crippen LogP contribution in [0.15, 0.2) is 12.2 Å².